The fourth-order valence-corrected chi connectivity index (χ4v) is 2.81. The summed E-state index contributed by atoms with van der Waals surface area (Å²) in [6.45, 7) is 0.483. The molecule has 0 aliphatic rings. The molecule has 0 saturated carbocycles. The van der Waals surface area contributed by atoms with Gasteiger partial charge in [0.1, 0.15) is 0 Å². The van der Waals surface area contributed by atoms with Crippen molar-refractivity contribution < 1.29 is 14.4 Å². The van der Waals surface area contributed by atoms with E-state index in [1.54, 1.807) is 24.3 Å². The molecular formula is C24H22N2O3. The molecule has 0 spiro atoms. The minimum absolute atomic E-state index is 0.0618. The van der Waals surface area contributed by atoms with Gasteiger partial charge in [-0.05, 0) is 28.8 Å². The van der Waals surface area contributed by atoms with Gasteiger partial charge < -0.3 is 10.6 Å². The van der Waals surface area contributed by atoms with Crippen molar-refractivity contribution in [2.45, 2.75) is 19.4 Å². The number of carbonyl (C=O) groups is 3. The van der Waals surface area contributed by atoms with Crippen molar-refractivity contribution >= 4 is 23.3 Å². The molecule has 0 bridgehead atoms. The zero-order chi connectivity index (χ0) is 20.5. The number of carbonyl (C=O) groups excluding carboxylic acids is 3. The number of nitrogens with one attached hydrogen (secondary N) is 2. The summed E-state index contributed by atoms with van der Waals surface area (Å²) in [4.78, 5) is 36.2. The number of Topliss-reactive ketones (excluding diaryl/α,β-unsaturated/α-hetero) is 1. The molecule has 3 rings (SSSR count). The van der Waals surface area contributed by atoms with Gasteiger partial charge in [0, 0.05) is 18.7 Å². The van der Waals surface area contributed by atoms with Gasteiger partial charge in [0.2, 0.25) is 11.7 Å². The van der Waals surface area contributed by atoms with Crippen molar-refractivity contribution in [1.82, 2.24) is 5.32 Å². The van der Waals surface area contributed by atoms with Gasteiger partial charge in [0.15, 0.2) is 0 Å². The lowest BCUT2D eigenvalue weighted by molar-refractivity contribution is -0.134. The second kappa shape index (κ2) is 9.99. The van der Waals surface area contributed by atoms with Crippen molar-refractivity contribution in [2.75, 3.05) is 5.32 Å². The first-order valence-corrected chi connectivity index (χ1v) is 9.38. The lowest BCUT2D eigenvalue weighted by Gasteiger charge is -2.07. The summed E-state index contributed by atoms with van der Waals surface area (Å²) >= 11 is 0. The van der Waals surface area contributed by atoms with E-state index in [1.807, 2.05) is 60.7 Å². The third kappa shape index (κ3) is 6.43. The summed E-state index contributed by atoms with van der Waals surface area (Å²) in [5.74, 6) is -1.23. The Bertz CT molecular complexity index is 968. The molecule has 0 saturated heterocycles. The largest absolute Gasteiger partial charge is 0.352 e. The van der Waals surface area contributed by atoms with E-state index >= 15 is 0 Å². The highest BCUT2D eigenvalue weighted by molar-refractivity contribution is 6.41. The maximum absolute atomic E-state index is 12.1. The van der Waals surface area contributed by atoms with Crippen LogP contribution in [-0.2, 0) is 33.8 Å². The predicted octanol–water partition coefficient (Wildman–Crippen LogP) is 3.30. The molecule has 0 aromatic heterocycles. The zero-order valence-corrected chi connectivity index (χ0v) is 15.9. The van der Waals surface area contributed by atoms with Crippen LogP contribution in [0.15, 0.2) is 84.9 Å². The number of amides is 2. The smallest absolute Gasteiger partial charge is 0.292 e. The van der Waals surface area contributed by atoms with Crippen LogP contribution in [0.4, 0.5) is 5.69 Å². The van der Waals surface area contributed by atoms with Crippen molar-refractivity contribution in [2.24, 2.45) is 0 Å². The number of ketones is 1. The summed E-state index contributed by atoms with van der Waals surface area (Å²) < 4.78 is 0. The van der Waals surface area contributed by atoms with Crippen LogP contribution < -0.4 is 10.6 Å². The Morgan fingerprint density at radius 3 is 1.79 bits per heavy atom. The average Bonchev–Trinajstić information content (AvgIpc) is 2.75. The Morgan fingerprint density at radius 1 is 0.621 bits per heavy atom. The lowest BCUT2D eigenvalue weighted by Crippen LogP contribution is -2.25. The Labute approximate surface area is 169 Å². The number of anilines is 1. The molecule has 5 nitrogen and oxygen atoms in total. The average molecular weight is 386 g/mol. The quantitative estimate of drug-likeness (QED) is 0.584. The number of hydrogen-bond donors (Lipinski definition) is 2. The molecule has 0 unspecified atom stereocenters. The van der Waals surface area contributed by atoms with Gasteiger partial charge in [-0.1, -0.05) is 72.8 Å². The Balaban J connectivity index is 1.47. The van der Waals surface area contributed by atoms with Crippen LogP contribution in [0.3, 0.4) is 0 Å². The Hall–Kier alpha value is -3.73. The van der Waals surface area contributed by atoms with Crippen LogP contribution in [-0.4, -0.2) is 17.6 Å². The van der Waals surface area contributed by atoms with Gasteiger partial charge in [0.25, 0.3) is 5.91 Å². The first-order valence-electron chi connectivity index (χ1n) is 9.38. The molecule has 0 aliphatic heterocycles. The van der Waals surface area contributed by atoms with Crippen LogP contribution in [0.1, 0.15) is 16.7 Å². The SMILES string of the molecule is O=C(Cc1ccc(NC(=O)C(=O)Cc2ccccc2)cc1)NCc1ccccc1. The van der Waals surface area contributed by atoms with E-state index in [-0.39, 0.29) is 18.7 Å². The van der Waals surface area contributed by atoms with Crippen molar-refractivity contribution in [1.29, 1.82) is 0 Å². The molecule has 146 valence electrons. The van der Waals surface area contributed by atoms with Crippen molar-refractivity contribution in [3.63, 3.8) is 0 Å². The fourth-order valence-electron chi connectivity index (χ4n) is 2.81. The zero-order valence-electron chi connectivity index (χ0n) is 15.9. The third-order valence-corrected chi connectivity index (χ3v) is 4.37. The molecular weight excluding hydrogens is 364 g/mol. The minimum atomic E-state index is -0.651. The van der Waals surface area contributed by atoms with E-state index in [1.165, 1.54) is 0 Å². The standard InChI is InChI=1S/C24H22N2O3/c27-22(15-18-7-3-1-4-8-18)24(29)26-21-13-11-19(12-14-21)16-23(28)25-17-20-9-5-2-6-10-20/h1-14H,15-17H2,(H,25,28)(H,26,29). The van der Waals surface area contributed by atoms with E-state index in [9.17, 15) is 14.4 Å². The van der Waals surface area contributed by atoms with Crippen LogP contribution in [0.2, 0.25) is 0 Å². The maximum atomic E-state index is 12.1. The first kappa shape index (κ1) is 20.0. The fraction of sp³-hybridized carbons (Fsp3) is 0.125. The van der Waals surface area contributed by atoms with E-state index in [4.69, 9.17) is 0 Å². The van der Waals surface area contributed by atoms with Gasteiger partial charge in [0.05, 0.1) is 6.42 Å². The highest BCUT2D eigenvalue weighted by Crippen LogP contribution is 2.11. The summed E-state index contributed by atoms with van der Waals surface area (Å²) in [6.07, 6.45) is 0.306. The number of benzene rings is 3. The molecule has 0 aliphatic carbocycles. The topological polar surface area (TPSA) is 75.3 Å². The van der Waals surface area contributed by atoms with Gasteiger partial charge >= 0.3 is 0 Å². The molecule has 2 amide bonds. The van der Waals surface area contributed by atoms with Crippen LogP contribution in [0.5, 0.6) is 0 Å². The highest BCUT2D eigenvalue weighted by atomic mass is 16.2. The number of hydrogen-bond acceptors (Lipinski definition) is 3. The Kier molecular flexibility index (Phi) is 6.90. The summed E-state index contributed by atoms with van der Waals surface area (Å²) in [6, 6.07) is 25.7. The van der Waals surface area contributed by atoms with E-state index < -0.39 is 11.7 Å². The minimum Gasteiger partial charge on any atom is -0.352 e. The predicted molar refractivity (Wildman–Crippen MR) is 112 cm³/mol. The molecule has 3 aromatic rings. The van der Waals surface area contributed by atoms with Crippen LogP contribution >= 0.6 is 0 Å². The first-order chi connectivity index (χ1) is 14.1. The highest BCUT2D eigenvalue weighted by Gasteiger charge is 2.14. The van der Waals surface area contributed by atoms with Gasteiger partial charge in [-0.3, -0.25) is 14.4 Å². The second-order valence-electron chi connectivity index (χ2n) is 6.68. The van der Waals surface area contributed by atoms with E-state index in [0.717, 1.165) is 16.7 Å². The van der Waals surface area contributed by atoms with Crippen molar-refractivity contribution in [3.8, 4) is 0 Å². The molecule has 0 fully saturated rings. The maximum Gasteiger partial charge on any atom is 0.292 e. The van der Waals surface area contributed by atoms with E-state index in [2.05, 4.69) is 10.6 Å². The second-order valence-corrected chi connectivity index (χ2v) is 6.68. The molecule has 0 radical (unpaired) electrons. The third-order valence-electron chi connectivity index (χ3n) is 4.37. The van der Waals surface area contributed by atoms with Crippen LogP contribution in [0, 0.1) is 0 Å². The number of rotatable bonds is 8. The molecule has 0 atom stereocenters. The Morgan fingerprint density at radius 2 is 1.17 bits per heavy atom. The van der Waals surface area contributed by atoms with E-state index in [0.29, 0.717) is 12.2 Å². The summed E-state index contributed by atoms with van der Waals surface area (Å²) in [5.41, 5.74) is 3.18. The molecule has 29 heavy (non-hydrogen) atoms. The summed E-state index contributed by atoms with van der Waals surface area (Å²) in [5, 5.41) is 5.48. The molecule has 3 aromatic carbocycles. The van der Waals surface area contributed by atoms with Crippen LogP contribution in [0.25, 0.3) is 0 Å². The molecule has 0 heterocycles. The van der Waals surface area contributed by atoms with Crippen molar-refractivity contribution in [3.05, 3.63) is 102 Å². The normalized spacial score (nSPS) is 10.2. The molecule has 2 N–H and O–H groups in total. The van der Waals surface area contributed by atoms with Gasteiger partial charge in [-0.15, -0.1) is 0 Å². The monoisotopic (exact) mass is 386 g/mol. The van der Waals surface area contributed by atoms with Gasteiger partial charge in [-0.25, -0.2) is 0 Å². The summed E-state index contributed by atoms with van der Waals surface area (Å²) in [7, 11) is 0. The van der Waals surface area contributed by atoms with Gasteiger partial charge in [-0.2, -0.15) is 0 Å². The lowest BCUT2D eigenvalue weighted by atomic mass is 10.1. The molecule has 5 heteroatoms.